The van der Waals surface area contributed by atoms with Crippen LogP contribution in [0.2, 0.25) is 0 Å². The lowest BCUT2D eigenvalue weighted by atomic mass is 10.0. The zero-order chi connectivity index (χ0) is 50.1. The molecule has 18 nitrogen and oxygen atoms in total. The Bertz CT molecular complexity index is 3440. The standard InChI is InChI=1S/C50H34F3N9O9/c51-50(52,53)35-3-1-4-38(25-35)55-49(67)56-48(66)34-12-20-42-33(24-34)14-22-44(64)46(42)60-58-37-17-10-31(11-18-37)47(65)30-8-15-36(16-9-30)57-59-45-41-19-7-29(23-32(41)13-21-43(45)63)27-70-54-28-71-61-39-5-2-6-40(26-39)62(68)69/h1-26,28,61,63-64H,27H2,(H2,55,56,66,67). The molecule has 354 valence electrons. The van der Waals surface area contributed by atoms with Gasteiger partial charge in [-0.2, -0.15) is 23.4 Å². The number of oxime groups is 1. The number of fused-ring (bicyclic) bond motifs is 2. The van der Waals surface area contributed by atoms with Crippen LogP contribution in [0.5, 0.6) is 11.5 Å². The number of hydrogen-bond donors (Lipinski definition) is 5. The summed E-state index contributed by atoms with van der Waals surface area (Å²) in [6.45, 7) is 0.0751. The molecule has 0 saturated heterocycles. The monoisotopic (exact) mass is 961 g/mol. The summed E-state index contributed by atoms with van der Waals surface area (Å²) in [6, 6.07) is 37.0. The molecule has 71 heavy (non-hydrogen) atoms. The van der Waals surface area contributed by atoms with Crippen LogP contribution in [0.15, 0.2) is 183 Å². The SMILES string of the molecule is O=C(NC(=O)c1ccc2c(N=Nc3ccc(C(=O)c4ccc(N=Nc5c(O)ccc6cc(CON=CONc7cccc([N+](=O)[O-])c7)ccc56)cc4)cc3)c(O)ccc2c1)Nc1cccc(C(F)(F)F)c1. The number of nitrogens with zero attached hydrogens (tertiary/aromatic N) is 6. The van der Waals surface area contributed by atoms with Crippen molar-refractivity contribution in [1.82, 2.24) is 5.32 Å². The highest BCUT2D eigenvalue weighted by molar-refractivity contribution is 6.10. The fraction of sp³-hybridized carbons (Fsp3) is 0.0400. The number of phenols is 2. The maximum absolute atomic E-state index is 13.4. The summed E-state index contributed by atoms with van der Waals surface area (Å²) >= 11 is 0. The highest BCUT2D eigenvalue weighted by atomic mass is 19.4. The van der Waals surface area contributed by atoms with Crippen LogP contribution in [0.25, 0.3) is 21.5 Å². The first-order valence-electron chi connectivity index (χ1n) is 20.9. The van der Waals surface area contributed by atoms with E-state index in [0.717, 1.165) is 35.5 Å². The Morgan fingerprint density at radius 1 is 0.648 bits per heavy atom. The molecule has 8 aromatic rings. The number of aromatic hydroxyl groups is 2. The van der Waals surface area contributed by atoms with E-state index in [4.69, 9.17) is 9.68 Å². The van der Waals surface area contributed by atoms with Gasteiger partial charge in [-0.1, -0.05) is 47.6 Å². The van der Waals surface area contributed by atoms with Crippen molar-refractivity contribution >= 4 is 85.5 Å². The highest BCUT2D eigenvalue weighted by Crippen LogP contribution is 2.38. The number of non-ortho nitro benzene ring substituents is 1. The molecule has 0 bridgehead atoms. The number of nitrogens with one attached hydrogen (secondary N) is 3. The summed E-state index contributed by atoms with van der Waals surface area (Å²) in [5, 5.41) is 59.5. The molecule has 0 fully saturated rings. The maximum atomic E-state index is 13.4. The summed E-state index contributed by atoms with van der Waals surface area (Å²) in [6.07, 6.45) is -3.62. The number of nitro benzene ring substituents is 1. The second-order valence-corrected chi connectivity index (χ2v) is 15.2. The second-order valence-electron chi connectivity index (χ2n) is 15.2. The predicted octanol–water partition coefficient (Wildman–Crippen LogP) is 12.9. The minimum atomic E-state index is -4.62. The quantitative estimate of drug-likeness (QED) is 0.0162. The number of urea groups is 1. The first kappa shape index (κ1) is 47.4. The van der Waals surface area contributed by atoms with E-state index in [1.807, 2.05) is 6.07 Å². The Balaban J connectivity index is 0.855. The Morgan fingerprint density at radius 2 is 1.23 bits per heavy atom. The number of hydrogen-bond acceptors (Lipinski definition) is 15. The van der Waals surface area contributed by atoms with Gasteiger partial charge in [-0.05, 0) is 119 Å². The lowest BCUT2D eigenvalue weighted by Crippen LogP contribution is -2.34. The molecular weight excluding hydrogens is 928 g/mol. The van der Waals surface area contributed by atoms with E-state index in [9.17, 15) is 47.9 Å². The third-order valence-corrected chi connectivity index (χ3v) is 10.4. The molecule has 0 saturated carbocycles. The van der Waals surface area contributed by atoms with E-state index in [1.54, 1.807) is 72.8 Å². The lowest BCUT2D eigenvalue weighted by molar-refractivity contribution is -0.384. The normalized spacial score (nSPS) is 11.6. The molecule has 21 heteroatoms. The number of azo groups is 2. The number of halogens is 3. The summed E-state index contributed by atoms with van der Waals surface area (Å²) < 4.78 is 39.2. The zero-order valence-corrected chi connectivity index (χ0v) is 36.4. The van der Waals surface area contributed by atoms with E-state index in [-0.39, 0.29) is 52.2 Å². The van der Waals surface area contributed by atoms with Crippen LogP contribution in [0.4, 0.5) is 57.8 Å². The van der Waals surface area contributed by atoms with Crippen molar-refractivity contribution in [3.8, 4) is 11.5 Å². The number of amides is 3. The van der Waals surface area contributed by atoms with Gasteiger partial charge in [0, 0.05) is 45.3 Å². The molecule has 0 aromatic heterocycles. The van der Waals surface area contributed by atoms with Crippen molar-refractivity contribution in [3.63, 3.8) is 0 Å². The highest BCUT2D eigenvalue weighted by Gasteiger charge is 2.30. The average molecular weight is 962 g/mol. The molecule has 0 aliphatic carbocycles. The Labute approximate surface area is 398 Å². The number of benzene rings is 8. The molecule has 8 rings (SSSR count). The molecule has 0 aliphatic heterocycles. The zero-order valence-electron chi connectivity index (χ0n) is 36.4. The summed E-state index contributed by atoms with van der Waals surface area (Å²) in [7, 11) is 0. The van der Waals surface area contributed by atoms with E-state index in [1.165, 1.54) is 60.7 Å². The van der Waals surface area contributed by atoms with Gasteiger partial charge in [0.1, 0.15) is 29.5 Å². The van der Waals surface area contributed by atoms with Crippen molar-refractivity contribution in [2.45, 2.75) is 12.8 Å². The molecule has 5 N–H and O–H groups in total. The third-order valence-electron chi connectivity index (χ3n) is 10.4. The number of ketones is 1. The molecule has 0 radical (unpaired) electrons. The Morgan fingerprint density at radius 3 is 1.85 bits per heavy atom. The van der Waals surface area contributed by atoms with Gasteiger partial charge < -0.3 is 25.2 Å². The topological polar surface area (TPSA) is 251 Å². The minimum Gasteiger partial charge on any atom is -0.506 e. The van der Waals surface area contributed by atoms with Gasteiger partial charge in [-0.15, -0.1) is 10.2 Å². The summed E-state index contributed by atoms with van der Waals surface area (Å²) in [5.41, 5.74) is 4.18. The minimum absolute atomic E-state index is 0.0423. The van der Waals surface area contributed by atoms with Crippen LogP contribution in [0.1, 0.15) is 37.4 Å². The number of imide groups is 1. The number of anilines is 2. The molecule has 0 unspecified atom stereocenters. The van der Waals surface area contributed by atoms with E-state index in [2.05, 4.69) is 41.7 Å². The van der Waals surface area contributed by atoms with Gasteiger partial charge in [-0.3, -0.25) is 25.0 Å². The fourth-order valence-electron chi connectivity index (χ4n) is 6.89. The molecule has 0 atom stereocenters. The van der Waals surface area contributed by atoms with Gasteiger partial charge in [0.2, 0.25) is 6.40 Å². The summed E-state index contributed by atoms with van der Waals surface area (Å²) in [5.74, 6) is -1.44. The molecule has 3 amide bonds. The smallest absolute Gasteiger partial charge is 0.416 e. The Hall–Kier alpha value is -10.1. The number of carbonyl (C=O) groups is 3. The predicted molar refractivity (Wildman–Crippen MR) is 255 cm³/mol. The number of nitro groups is 1. The van der Waals surface area contributed by atoms with Gasteiger partial charge in [0.05, 0.1) is 27.5 Å². The molecule has 8 aromatic carbocycles. The van der Waals surface area contributed by atoms with Crippen molar-refractivity contribution < 1.29 is 52.4 Å². The Kier molecular flexibility index (Phi) is 13.9. The third kappa shape index (κ3) is 11.7. The van der Waals surface area contributed by atoms with Crippen LogP contribution in [-0.2, 0) is 22.5 Å². The molecular formula is C50H34F3N9O9. The van der Waals surface area contributed by atoms with Crippen LogP contribution in [0.3, 0.4) is 0 Å². The van der Waals surface area contributed by atoms with Crippen molar-refractivity contribution in [1.29, 1.82) is 0 Å². The van der Waals surface area contributed by atoms with Crippen LogP contribution >= 0.6 is 0 Å². The van der Waals surface area contributed by atoms with E-state index < -0.39 is 28.6 Å². The van der Waals surface area contributed by atoms with Gasteiger partial charge >= 0.3 is 12.2 Å². The number of carbonyl (C=O) groups excluding carboxylic acids is 3. The van der Waals surface area contributed by atoms with Crippen molar-refractivity contribution in [3.05, 3.63) is 196 Å². The number of phenolic OH excluding ortho intramolecular Hbond substituents is 2. The molecule has 0 heterocycles. The van der Waals surface area contributed by atoms with Crippen molar-refractivity contribution in [2.75, 3.05) is 10.8 Å². The van der Waals surface area contributed by atoms with Crippen LogP contribution in [-0.4, -0.2) is 39.3 Å². The largest absolute Gasteiger partial charge is 0.506 e. The average Bonchev–Trinajstić information content (AvgIpc) is 3.36. The van der Waals surface area contributed by atoms with Gasteiger partial charge in [0.25, 0.3) is 11.6 Å². The van der Waals surface area contributed by atoms with Crippen molar-refractivity contribution in [2.24, 2.45) is 25.6 Å². The van der Waals surface area contributed by atoms with E-state index >= 15 is 0 Å². The van der Waals surface area contributed by atoms with Gasteiger partial charge in [-0.25, -0.2) is 10.3 Å². The summed E-state index contributed by atoms with van der Waals surface area (Å²) in [4.78, 5) is 59.4. The lowest BCUT2D eigenvalue weighted by Gasteiger charge is -2.11. The fourth-order valence-corrected chi connectivity index (χ4v) is 6.89. The van der Waals surface area contributed by atoms with Crippen LogP contribution < -0.4 is 16.1 Å². The molecule has 0 spiro atoms. The first-order valence-corrected chi connectivity index (χ1v) is 20.9. The number of rotatable bonds is 15. The van der Waals surface area contributed by atoms with E-state index in [0.29, 0.717) is 44.3 Å². The van der Waals surface area contributed by atoms with Crippen LogP contribution in [0, 0.1) is 10.1 Å². The molecule has 0 aliphatic rings. The number of alkyl halides is 3. The first-order chi connectivity index (χ1) is 34.2. The maximum Gasteiger partial charge on any atom is 0.416 e. The van der Waals surface area contributed by atoms with Gasteiger partial charge in [0.15, 0.2) is 5.78 Å². The second kappa shape index (κ2) is 20.9.